The molecule has 0 aromatic carbocycles. The van der Waals surface area contributed by atoms with E-state index in [1.807, 2.05) is 32.2 Å². The summed E-state index contributed by atoms with van der Waals surface area (Å²) in [4.78, 5) is 33.3. The molecule has 1 amide bonds. The van der Waals surface area contributed by atoms with Gasteiger partial charge in [0.2, 0.25) is 5.91 Å². The lowest BCUT2D eigenvalue weighted by Crippen LogP contribution is -2.49. The van der Waals surface area contributed by atoms with Gasteiger partial charge in [-0.1, -0.05) is 6.07 Å². The zero-order valence-corrected chi connectivity index (χ0v) is 17.2. The van der Waals surface area contributed by atoms with Crippen molar-refractivity contribution in [2.45, 2.75) is 26.9 Å². The van der Waals surface area contributed by atoms with Crippen LogP contribution in [0.5, 0.6) is 0 Å². The fourth-order valence-corrected chi connectivity index (χ4v) is 3.66. The van der Waals surface area contributed by atoms with Crippen LogP contribution in [0.25, 0.3) is 5.82 Å². The first-order valence-corrected chi connectivity index (χ1v) is 10.0. The molecule has 0 saturated carbocycles. The van der Waals surface area contributed by atoms with Crippen LogP contribution in [-0.4, -0.2) is 66.4 Å². The monoisotopic (exact) mass is 407 g/mol. The summed E-state index contributed by atoms with van der Waals surface area (Å²) in [6, 6.07) is 8.98. The van der Waals surface area contributed by atoms with Gasteiger partial charge >= 0.3 is 0 Å². The third-order valence-electron chi connectivity index (χ3n) is 5.22. The highest BCUT2D eigenvalue weighted by atomic mass is 16.2. The topological polar surface area (TPSA) is 89.2 Å². The molecule has 1 aliphatic rings. The first-order valence-electron chi connectivity index (χ1n) is 10.0. The second-order valence-corrected chi connectivity index (χ2v) is 7.54. The predicted molar refractivity (Wildman–Crippen MR) is 111 cm³/mol. The van der Waals surface area contributed by atoms with E-state index in [1.54, 1.807) is 21.8 Å². The second kappa shape index (κ2) is 8.58. The van der Waals surface area contributed by atoms with Crippen LogP contribution >= 0.6 is 0 Å². The van der Waals surface area contributed by atoms with E-state index in [0.29, 0.717) is 18.9 Å². The van der Waals surface area contributed by atoms with Crippen molar-refractivity contribution in [3.63, 3.8) is 0 Å². The Kier molecular flexibility index (Phi) is 5.71. The molecule has 1 aliphatic heterocycles. The quantitative estimate of drug-likeness (QED) is 0.621. The van der Waals surface area contributed by atoms with Gasteiger partial charge in [0.15, 0.2) is 5.82 Å². The number of piperazine rings is 1. The predicted octanol–water partition coefficient (Wildman–Crippen LogP) is 0.785. The summed E-state index contributed by atoms with van der Waals surface area (Å²) < 4.78 is 2.89. The highest BCUT2D eigenvalue weighted by molar-refractivity contribution is 5.76. The van der Waals surface area contributed by atoms with Crippen molar-refractivity contribution in [1.82, 2.24) is 34.3 Å². The Morgan fingerprint density at radius 2 is 1.87 bits per heavy atom. The van der Waals surface area contributed by atoms with E-state index in [1.165, 1.54) is 10.7 Å². The number of aryl methyl sites for hydroxylation is 2. The van der Waals surface area contributed by atoms with Gasteiger partial charge in [-0.3, -0.25) is 19.5 Å². The molecule has 3 aromatic heterocycles. The van der Waals surface area contributed by atoms with E-state index in [2.05, 4.69) is 26.1 Å². The molecule has 9 nitrogen and oxygen atoms in total. The van der Waals surface area contributed by atoms with E-state index >= 15 is 0 Å². The standard InChI is InChI=1S/C21H25N7O2/c1-16-12-17(2)28(23-16)19-5-6-20(29)27(24-19)15-21(30)26-10-8-25(9-11-26)14-18-4-3-7-22-13-18/h3-7,12-13H,8-11,14-15H2,1-2H3. The lowest BCUT2D eigenvalue weighted by atomic mass is 10.2. The molecule has 0 unspecified atom stereocenters. The first-order chi connectivity index (χ1) is 14.5. The third kappa shape index (κ3) is 4.46. The van der Waals surface area contributed by atoms with Crippen molar-refractivity contribution in [3.05, 3.63) is 70.0 Å². The van der Waals surface area contributed by atoms with Gasteiger partial charge in [0.25, 0.3) is 5.56 Å². The SMILES string of the molecule is Cc1cc(C)n(-c2ccc(=O)n(CC(=O)N3CCN(Cc4cccnc4)CC3)n2)n1. The minimum atomic E-state index is -0.302. The Morgan fingerprint density at radius 1 is 1.07 bits per heavy atom. The van der Waals surface area contributed by atoms with Crippen LogP contribution in [0.15, 0.2) is 47.5 Å². The number of aromatic nitrogens is 5. The molecule has 4 heterocycles. The van der Waals surface area contributed by atoms with Crippen molar-refractivity contribution in [2.24, 2.45) is 0 Å². The zero-order chi connectivity index (χ0) is 21.1. The Bertz CT molecular complexity index is 1080. The summed E-state index contributed by atoms with van der Waals surface area (Å²) in [5.41, 5.74) is 2.64. The van der Waals surface area contributed by atoms with E-state index in [-0.39, 0.29) is 18.0 Å². The fourth-order valence-electron chi connectivity index (χ4n) is 3.66. The number of carbonyl (C=O) groups is 1. The van der Waals surface area contributed by atoms with E-state index < -0.39 is 0 Å². The van der Waals surface area contributed by atoms with Gasteiger partial charge in [0, 0.05) is 56.9 Å². The van der Waals surface area contributed by atoms with Gasteiger partial charge in [-0.05, 0) is 37.6 Å². The van der Waals surface area contributed by atoms with Crippen LogP contribution < -0.4 is 5.56 Å². The van der Waals surface area contributed by atoms with Crippen LogP contribution in [0.2, 0.25) is 0 Å². The maximum absolute atomic E-state index is 12.8. The maximum atomic E-state index is 12.8. The fraction of sp³-hybridized carbons (Fsp3) is 0.381. The molecular weight excluding hydrogens is 382 g/mol. The average Bonchev–Trinajstić information content (AvgIpc) is 3.09. The molecule has 0 bridgehead atoms. The highest BCUT2D eigenvalue weighted by Crippen LogP contribution is 2.10. The van der Waals surface area contributed by atoms with Gasteiger partial charge < -0.3 is 4.90 Å². The minimum absolute atomic E-state index is 0.0748. The molecule has 0 radical (unpaired) electrons. The third-order valence-corrected chi connectivity index (χ3v) is 5.22. The number of nitrogens with zero attached hydrogens (tertiary/aromatic N) is 7. The van der Waals surface area contributed by atoms with Crippen LogP contribution in [0, 0.1) is 13.8 Å². The van der Waals surface area contributed by atoms with Crippen LogP contribution in [0.3, 0.4) is 0 Å². The van der Waals surface area contributed by atoms with Gasteiger partial charge in [0.1, 0.15) is 6.54 Å². The lowest BCUT2D eigenvalue weighted by Gasteiger charge is -2.34. The molecule has 0 spiro atoms. The molecule has 1 saturated heterocycles. The molecule has 156 valence electrons. The van der Waals surface area contributed by atoms with E-state index in [4.69, 9.17) is 0 Å². The number of hydrogen-bond donors (Lipinski definition) is 0. The van der Waals surface area contributed by atoms with Gasteiger partial charge in [-0.2, -0.15) is 5.10 Å². The number of hydrogen-bond acceptors (Lipinski definition) is 6. The number of pyridine rings is 1. The van der Waals surface area contributed by atoms with E-state index in [9.17, 15) is 9.59 Å². The summed E-state index contributed by atoms with van der Waals surface area (Å²) in [6.45, 7) is 7.40. The van der Waals surface area contributed by atoms with Gasteiger partial charge in [0.05, 0.1) is 5.69 Å². The molecular formula is C21H25N7O2. The summed E-state index contributed by atoms with van der Waals surface area (Å²) in [5, 5.41) is 8.76. The molecule has 4 rings (SSSR count). The average molecular weight is 407 g/mol. The van der Waals surface area contributed by atoms with Crippen molar-refractivity contribution in [3.8, 4) is 5.82 Å². The summed E-state index contributed by atoms with van der Waals surface area (Å²) in [6.07, 6.45) is 3.63. The normalized spacial score (nSPS) is 14.8. The van der Waals surface area contributed by atoms with Crippen LogP contribution in [0.4, 0.5) is 0 Å². The summed E-state index contributed by atoms with van der Waals surface area (Å²) in [5.74, 6) is 0.422. The van der Waals surface area contributed by atoms with E-state index in [0.717, 1.165) is 36.6 Å². The number of amides is 1. The Labute approximate surface area is 174 Å². The Hall–Kier alpha value is -3.33. The smallest absolute Gasteiger partial charge is 0.267 e. The lowest BCUT2D eigenvalue weighted by molar-refractivity contribution is -0.133. The number of rotatable bonds is 5. The van der Waals surface area contributed by atoms with Crippen molar-refractivity contribution >= 4 is 5.91 Å². The maximum Gasteiger partial charge on any atom is 0.267 e. The van der Waals surface area contributed by atoms with Crippen molar-refractivity contribution < 1.29 is 4.79 Å². The summed E-state index contributed by atoms with van der Waals surface area (Å²) >= 11 is 0. The largest absolute Gasteiger partial charge is 0.339 e. The van der Waals surface area contributed by atoms with Crippen LogP contribution in [0.1, 0.15) is 17.0 Å². The Balaban J connectivity index is 1.39. The molecule has 3 aromatic rings. The minimum Gasteiger partial charge on any atom is -0.339 e. The zero-order valence-electron chi connectivity index (χ0n) is 17.2. The molecule has 1 fully saturated rings. The highest BCUT2D eigenvalue weighted by Gasteiger charge is 2.22. The molecule has 0 aliphatic carbocycles. The van der Waals surface area contributed by atoms with Crippen LogP contribution in [-0.2, 0) is 17.9 Å². The van der Waals surface area contributed by atoms with Gasteiger partial charge in [-0.25, -0.2) is 9.36 Å². The summed E-state index contributed by atoms with van der Waals surface area (Å²) in [7, 11) is 0. The van der Waals surface area contributed by atoms with Gasteiger partial charge in [-0.15, -0.1) is 5.10 Å². The molecule has 30 heavy (non-hydrogen) atoms. The van der Waals surface area contributed by atoms with Crippen molar-refractivity contribution in [1.29, 1.82) is 0 Å². The second-order valence-electron chi connectivity index (χ2n) is 7.54. The Morgan fingerprint density at radius 3 is 2.53 bits per heavy atom. The molecule has 9 heteroatoms. The number of carbonyl (C=O) groups excluding carboxylic acids is 1. The van der Waals surface area contributed by atoms with Crippen molar-refractivity contribution in [2.75, 3.05) is 26.2 Å². The molecule has 0 atom stereocenters. The first kappa shape index (κ1) is 20.0. The molecule has 0 N–H and O–H groups in total.